The molecule has 0 spiro atoms. The lowest BCUT2D eigenvalue weighted by Crippen LogP contribution is -2.10. The molecule has 0 radical (unpaired) electrons. The molecule has 0 amide bonds. The van der Waals surface area contributed by atoms with Crippen LogP contribution in [0.2, 0.25) is 0 Å². The van der Waals surface area contributed by atoms with Crippen molar-refractivity contribution in [2.75, 3.05) is 14.1 Å². The van der Waals surface area contributed by atoms with Crippen LogP contribution in [0.5, 0.6) is 5.75 Å². The number of halogens is 1. The Labute approximate surface area is 92.0 Å². The molecule has 0 unspecified atom stereocenters. The average molecular weight is 216 g/mol. The molecule has 0 saturated carbocycles. The van der Waals surface area contributed by atoms with Crippen molar-refractivity contribution in [2.45, 2.75) is 20.4 Å². The normalized spacial score (nSPS) is 10.1. The van der Waals surface area contributed by atoms with Gasteiger partial charge in [0.2, 0.25) is 0 Å². The summed E-state index contributed by atoms with van der Waals surface area (Å²) in [4.78, 5) is 2.12. The van der Waals surface area contributed by atoms with Gasteiger partial charge in [-0.2, -0.15) is 0 Å². The van der Waals surface area contributed by atoms with Crippen LogP contribution in [0.15, 0.2) is 12.1 Å². The number of phenols is 1. The van der Waals surface area contributed by atoms with E-state index in [0.29, 0.717) is 5.75 Å². The smallest absolute Gasteiger partial charge is 0.121 e. The first-order valence-corrected chi connectivity index (χ1v) is 4.44. The molecule has 0 atom stereocenters. The number of rotatable bonds is 2. The first-order valence-electron chi connectivity index (χ1n) is 4.44. The second kappa shape index (κ2) is 5.23. The Morgan fingerprint density at radius 1 is 1.14 bits per heavy atom. The predicted molar refractivity (Wildman–Crippen MR) is 62.2 cm³/mol. The van der Waals surface area contributed by atoms with E-state index < -0.39 is 0 Å². The first kappa shape index (κ1) is 13.3. The third kappa shape index (κ3) is 3.20. The fourth-order valence-corrected chi connectivity index (χ4v) is 1.50. The number of hydrogen-bond acceptors (Lipinski definition) is 2. The molecular formula is C11H18ClNO. The Balaban J connectivity index is 0.00000169. The summed E-state index contributed by atoms with van der Waals surface area (Å²) in [6.07, 6.45) is 0. The van der Waals surface area contributed by atoms with Crippen LogP contribution in [-0.2, 0) is 6.54 Å². The number of phenolic OH excluding ortho intramolecular Hbond substituents is 1. The molecular weight excluding hydrogens is 198 g/mol. The highest BCUT2D eigenvalue weighted by molar-refractivity contribution is 5.85. The summed E-state index contributed by atoms with van der Waals surface area (Å²) < 4.78 is 0. The monoisotopic (exact) mass is 215 g/mol. The molecule has 0 heterocycles. The molecule has 0 aliphatic heterocycles. The van der Waals surface area contributed by atoms with Gasteiger partial charge < -0.3 is 10.0 Å². The number of benzene rings is 1. The fraction of sp³-hybridized carbons (Fsp3) is 0.455. The van der Waals surface area contributed by atoms with Gasteiger partial charge in [0.1, 0.15) is 5.75 Å². The molecule has 0 bridgehead atoms. The number of nitrogens with zero attached hydrogens (tertiary/aromatic N) is 1. The molecule has 1 N–H and O–H groups in total. The Kier molecular flexibility index (Phi) is 4.95. The summed E-state index contributed by atoms with van der Waals surface area (Å²) in [6, 6.07) is 4.06. The van der Waals surface area contributed by atoms with E-state index in [1.165, 1.54) is 5.56 Å². The van der Waals surface area contributed by atoms with Crippen LogP contribution in [0.4, 0.5) is 0 Å². The second-order valence-electron chi connectivity index (χ2n) is 3.82. The second-order valence-corrected chi connectivity index (χ2v) is 3.82. The van der Waals surface area contributed by atoms with Crippen molar-refractivity contribution in [3.63, 3.8) is 0 Å². The molecule has 3 heteroatoms. The highest BCUT2D eigenvalue weighted by Gasteiger charge is 2.03. The van der Waals surface area contributed by atoms with E-state index in [-0.39, 0.29) is 12.4 Å². The van der Waals surface area contributed by atoms with Gasteiger partial charge in [-0.3, -0.25) is 0 Å². The lowest BCUT2D eigenvalue weighted by atomic mass is 10.1. The van der Waals surface area contributed by atoms with Crippen molar-refractivity contribution >= 4 is 12.4 Å². The van der Waals surface area contributed by atoms with Gasteiger partial charge in [-0.05, 0) is 44.6 Å². The first-order chi connectivity index (χ1) is 6.00. The molecule has 2 nitrogen and oxygen atoms in total. The largest absolute Gasteiger partial charge is 0.507 e. The van der Waals surface area contributed by atoms with E-state index in [0.717, 1.165) is 17.7 Å². The maximum atomic E-state index is 9.55. The van der Waals surface area contributed by atoms with E-state index in [4.69, 9.17) is 0 Å². The molecule has 0 aromatic heterocycles. The van der Waals surface area contributed by atoms with Crippen molar-refractivity contribution in [3.05, 3.63) is 28.8 Å². The minimum absolute atomic E-state index is 0. The van der Waals surface area contributed by atoms with Gasteiger partial charge in [-0.25, -0.2) is 0 Å². The topological polar surface area (TPSA) is 23.5 Å². The van der Waals surface area contributed by atoms with Crippen LogP contribution in [0.25, 0.3) is 0 Å². The molecule has 1 aromatic rings. The van der Waals surface area contributed by atoms with E-state index in [2.05, 4.69) is 4.90 Å². The van der Waals surface area contributed by atoms with Crippen molar-refractivity contribution in [2.24, 2.45) is 0 Å². The molecule has 14 heavy (non-hydrogen) atoms. The van der Waals surface area contributed by atoms with Gasteiger partial charge >= 0.3 is 0 Å². The predicted octanol–water partition coefficient (Wildman–Crippen LogP) is 2.49. The Bertz CT molecular complexity index is 287. The Morgan fingerprint density at radius 2 is 1.57 bits per heavy atom. The molecule has 1 rings (SSSR count). The van der Waals surface area contributed by atoms with Crippen LogP contribution in [-0.4, -0.2) is 24.1 Å². The van der Waals surface area contributed by atoms with Gasteiger partial charge in [0.15, 0.2) is 0 Å². The quantitative estimate of drug-likeness (QED) is 0.820. The summed E-state index contributed by atoms with van der Waals surface area (Å²) in [5.74, 6) is 0.419. The minimum atomic E-state index is 0. The van der Waals surface area contributed by atoms with Crippen molar-refractivity contribution in [3.8, 4) is 5.75 Å². The van der Waals surface area contributed by atoms with Crippen LogP contribution < -0.4 is 0 Å². The third-order valence-electron chi connectivity index (χ3n) is 2.05. The molecule has 80 valence electrons. The molecule has 0 saturated heterocycles. The van der Waals surface area contributed by atoms with Gasteiger partial charge in [-0.15, -0.1) is 12.4 Å². The van der Waals surface area contributed by atoms with Crippen molar-refractivity contribution in [1.29, 1.82) is 0 Å². The summed E-state index contributed by atoms with van der Waals surface area (Å²) in [7, 11) is 4.08. The Morgan fingerprint density at radius 3 is 1.93 bits per heavy atom. The van der Waals surface area contributed by atoms with Gasteiger partial charge in [-0.1, -0.05) is 12.1 Å². The maximum absolute atomic E-state index is 9.55. The third-order valence-corrected chi connectivity index (χ3v) is 2.05. The average Bonchev–Trinajstić information content (AvgIpc) is 1.98. The van der Waals surface area contributed by atoms with E-state index >= 15 is 0 Å². The van der Waals surface area contributed by atoms with E-state index in [1.54, 1.807) is 0 Å². The van der Waals surface area contributed by atoms with Gasteiger partial charge in [0.25, 0.3) is 0 Å². The van der Waals surface area contributed by atoms with Crippen LogP contribution in [0.1, 0.15) is 16.7 Å². The lowest BCUT2D eigenvalue weighted by Gasteiger charge is -2.12. The Hall–Kier alpha value is -0.730. The lowest BCUT2D eigenvalue weighted by molar-refractivity contribution is 0.401. The van der Waals surface area contributed by atoms with Gasteiger partial charge in [0, 0.05) is 6.54 Å². The summed E-state index contributed by atoms with van der Waals surface area (Å²) in [5.41, 5.74) is 3.16. The van der Waals surface area contributed by atoms with Crippen molar-refractivity contribution < 1.29 is 5.11 Å². The van der Waals surface area contributed by atoms with Gasteiger partial charge in [0.05, 0.1) is 0 Å². The van der Waals surface area contributed by atoms with E-state index in [1.807, 2.05) is 40.1 Å². The summed E-state index contributed by atoms with van der Waals surface area (Å²) >= 11 is 0. The highest BCUT2D eigenvalue weighted by atomic mass is 35.5. The summed E-state index contributed by atoms with van der Waals surface area (Å²) in [6.45, 7) is 4.78. The van der Waals surface area contributed by atoms with Crippen molar-refractivity contribution in [1.82, 2.24) is 4.90 Å². The molecule has 0 aliphatic carbocycles. The molecule has 0 aliphatic rings. The van der Waals surface area contributed by atoms with E-state index in [9.17, 15) is 5.11 Å². The standard InChI is InChI=1S/C11H17NO.ClH/c1-8-5-10(7-12(3)4)6-9(2)11(8)13;/h5-6,13H,7H2,1-4H3;1H. The number of aryl methyl sites for hydroxylation is 2. The SMILES string of the molecule is Cc1cc(CN(C)C)cc(C)c1O.Cl. The highest BCUT2D eigenvalue weighted by Crippen LogP contribution is 2.23. The zero-order valence-corrected chi connectivity index (χ0v) is 9.98. The molecule has 0 fully saturated rings. The number of aromatic hydroxyl groups is 1. The van der Waals surface area contributed by atoms with Crippen LogP contribution in [0.3, 0.4) is 0 Å². The zero-order valence-electron chi connectivity index (χ0n) is 9.16. The minimum Gasteiger partial charge on any atom is -0.507 e. The van der Waals surface area contributed by atoms with Crippen LogP contribution in [0, 0.1) is 13.8 Å². The molecule has 1 aromatic carbocycles. The zero-order chi connectivity index (χ0) is 10.0. The fourth-order valence-electron chi connectivity index (χ4n) is 1.50. The summed E-state index contributed by atoms with van der Waals surface area (Å²) in [5, 5.41) is 9.55. The maximum Gasteiger partial charge on any atom is 0.121 e. The van der Waals surface area contributed by atoms with Crippen LogP contribution >= 0.6 is 12.4 Å². The number of hydrogen-bond donors (Lipinski definition) is 1.